The van der Waals surface area contributed by atoms with E-state index in [4.69, 9.17) is 0 Å². The maximum absolute atomic E-state index is 13.0. The zero-order valence-electron chi connectivity index (χ0n) is 17.1. The van der Waals surface area contributed by atoms with Crippen LogP contribution in [-0.4, -0.2) is 43.7 Å². The van der Waals surface area contributed by atoms with Gasteiger partial charge in [0.15, 0.2) is 10.8 Å². The van der Waals surface area contributed by atoms with E-state index in [1.54, 1.807) is 0 Å². The molecule has 0 fully saturated rings. The Labute approximate surface area is 181 Å². The van der Waals surface area contributed by atoms with Gasteiger partial charge in [-0.3, -0.25) is 9.36 Å². The number of carbonyl (C=O) groups excluding carboxylic acids is 2. The molecule has 0 unspecified atom stereocenters. The van der Waals surface area contributed by atoms with Gasteiger partial charge in [-0.25, -0.2) is 14.6 Å². The van der Waals surface area contributed by atoms with E-state index in [2.05, 4.69) is 20.0 Å². The lowest BCUT2D eigenvalue weighted by Crippen LogP contribution is -2.33. The maximum atomic E-state index is 13.0. The predicted molar refractivity (Wildman–Crippen MR) is 114 cm³/mol. The number of ether oxygens (including phenoxy) is 1. The number of benzene rings is 1. The molecule has 1 atom stereocenters. The monoisotopic (exact) mass is 446 g/mol. The maximum Gasteiger partial charge on any atom is 0.357 e. The molecular weight excluding hydrogens is 424 g/mol. The molecule has 31 heavy (non-hydrogen) atoms. The number of rotatable bonds is 7. The number of aromatic hydroxyl groups is 2. The molecule has 3 aromatic rings. The van der Waals surface area contributed by atoms with E-state index in [0.29, 0.717) is 5.56 Å². The third-order valence-electron chi connectivity index (χ3n) is 4.50. The molecule has 0 aliphatic carbocycles. The fourth-order valence-electron chi connectivity index (χ4n) is 3.05. The van der Waals surface area contributed by atoms with Crippen molar-refractivity contribution in [2.45, 2.75) is 26.3 Å². The number of phenols is 1. The molecule has 0 bridgehead atoms. The van der Waals surface area contributed by atoms with Crippen molar-refractivity contribution in [1.29, 1.82) is 0 Å². The number of aromatic amines is 1. The van der Waals surface area contributed by atoms with Crippen molar-refractivity contribution in [2.24, 2.45) is 5.92 Å². The van der Waals surface area contributed by atoms with Crippen molar-refractivity contribution >= 4 is 28.3 Å². The number of aromatic nitrogens is 3. The zero-order valence-corrected chi connectivity index (χ0v) is 17.9. The summed E-state index contributed by atoms with van der Waals surface area (Å²) in [6, 6.07) is 4.88. The van der Waals surface area contributed by atoms with Crippen LogP contribution in [0.4, 0.5) is 5.13 Å². The summed E-state index contributed by atoms with van der Waals surface area (Å²) in [5.41, 5.74) is 0.00142. The number of carbonyl (C=O) groups is 2. The number of anilines is 1. The summed E-state index contributed by atoms with van der Waals surface area (Å²) >= 11 is 1.04. The molecule has 2 aromatic heterocycles. The van der Waals surface area contributed by atoms with E-state index in [9.17, 15) is 24.6 Å². The van der Waals surface area contributed by atoms with Crippen LogP contribution in [0.2, 0.25) is 0 Å². The van der Waals surface area contributed by atoms with Gasteiger partial charge in [0.2, 0.25) is 11.8 Å². The lowest BCUT2D eigenvalue weighted by Gasteiger charge is -2.19. The second-order valence-electron chi connectivity index (χ2n) is 7.21. The topological polar surface area (TPSA) is 147 Å². The van der Waals surface area contributed by atoms with Crippen LogP contribution in [0, 0.1) is 5.92 Å². The minimum Gasteiger partial charge on any atom is -0.508 e. The molecule has 0 saturated heterocycles. The van der Waals surface area contributed by atoms with Crippen molar-refractivity contribution < 1.29 is 24.5 Å². The Balaban J connectivity index is 1.94. The lowest BCUT2D eigenvalue weighted by atomic mass is 10.0. The van der Waals surface area contributed by atoms with Gasteiger partial charge in [0.25, 0.3) is 0 Å². The summed E-state index contributed by atoms with van der Waals surface area (Å²) < 4.78 is 5.59. The third kappa shape index (κ3) is 4.77. The molecule has 3 rings (SSSR count). The van der Waals surface area contributed by atoms with Crippen LogP contribution in [0.3, 0.4) is 0 Å². The second-order valence-corrected chi connectivity index (χ2v) is 8.07. The largest absolute Gasteiger partial charge is 0.508 e. The first-order valence-corrected chi connectivity index (χ1v) is 10.3. The molecular formula is C20H22N4O6S. The molecule has 1 amide bonds. The molecule has 2 heterocycles. The van der Waals surface area contributed by atoms with Crippen LogP contribution in [0.25, 0.3) is 11.3 Å². The lowest BCUT2D eigenvalue weighted by molar-refractivity contribution is -0.119. The number of nitrogens with one attached hydrogen (secondary N) is 2. The minimum absolute atomic E-state index is 0.0241. The van der Waals surface area contributed by atoms with Crippen molar-refractivity contribution in [3.8, 4) is 22.9 Å². The average molecular weight is 446 g/mol. The second kappa shape index (κ2) is 9.04. The summed E-state index contributed by atoms with van der Waals surface area (Å²) in [5, 5.41) is 24.4. The fraction of sp³-hybridized carbons (Fsp3) is 0.300. The van der Waals surface area contributed by atoms with Gasteiger partial charge < -0.3 is 25.3 Å². The average Bonchev–Trinajstić information content (AvgIpc) is 3.30. The van der Waals surface area contributed by atoms with E-state index in [1.165, 1.54) is 36.8 Å². The zero-order chi connectivity index (χ0) is 22.7. The Morgan fingerprint density at radius 3 is 2.55 bits per heavy atom. The number of hydrogen-bond acceptors (Lipinski definition) is 8. The predicted octanol–water partition coefficient (Wildman–Crippen LogP) is 2.72. The molecule has 0 aliphatic rings. The molecule has 4 N–H and O–H groups in total. The summed E-state index contributed by atoms with van der Waals surface area (Å²) in [6.45, 7) is 3.77. The van der Waals surface area contributed by atoms with E-state index in [1.807, 2.05) is 13.8 Å². The standard InChI is InChI=1S/C20H22N4O6S/c1-10(2)8-14(16(26)23-19-21-13(9-31-19)18(28)30-3)24-17(27)15(22-20(24)29)11-4-6-12(25)7-5-11/h4-7,9-10,14,25,27H,8H2,1-3H3,(H,22,29)(H,21,23,26)/t14-/m0/s1. The van der Waals surface area contributed by atoms with Gasteiger partial charge in [-0.2, -0.15) is 0 Å². The first-order valence-electron chi connectivity index (χ1n) is 9.38. The van der Waals surface area contributed by atoms with Gasteiger partial charge in [0, 0.05) is 10.9 Å². The molecule has 1 aromatic carbocycles. The van der Waals surface area contributed by atoms with Crippen molar-refractivity contribution in [3.05, 3.63) is 45.8 Å². The van der Waals surface area contributed by atoms with Crippen LogP contribution < -0.4 is 11.0 Å². The molecule has 0 saturated carbocycles. The quantitative estimate of drug-likeness (QED) is 0.408. The minimum atomic E-state index is -1.03. The first-order chi connectivity index (χ1) is 14.7. The number of phenolic OH excluding ortho intramolecular Hbond substituents is 1. The summed E-state index contributed by atoms with van der Waals surface area (Å²) in [6.07, 6.45) is 0.265. The number of nitrogens with zero attached hydrogens (tertiary/aromatic N) is 2. The van der Waals surface area contributed by atoms with E-state index < -0.39 is 29.5 Å². The van der Waals surface area contributed by atoms with E-state index in [0.717, 1.165) is 15.9 Å². The Kier molecular flexibility index (Phi) is 6.44. The molecule has 11 heteroatoms. The molecule has 0 radical (unpaired) electrons. The Bertz CT molecular complexity index is 1150. The van der Waals surface area contributed by atoms with Gasteiger partial charge in [-0.05, 0) is 36.6 Å². The van der Waals surface area contributed by atoms with Gasteiger partial charge >= 0.3 is 11.7 Å². The summed E-state index contributed by atoms with van der Waals surface area (Å²) in [5.74, 6) is -1.53. The highest BCUT2D eigenvalue weighted by Crippen LogP contribution is 2.31. The summed E-state index contributed by atoms with van der Waals surface area (Å²) in [7, 11) is 1.23. The van der Waals surface area contributed by atoms with Crippen LogP contribution in [-0.2, 0) is 9.53 Å². The van der Waals surface area contributed by atoms with Crippen molar-refractivity contribution in [1.82, 2.24) is 14.5 Å². The Morgan fingerprint density at radius 1 is 1.26 bits per heavy atom. The number of methoxy groups -OCH3 is 1. The number of esters is 1. The normalized spacial score (nSPS) is 12.0. The number of thiazole rings is 1. The number of amides is 1. The third-order valence-corrected chi connectivity index (χ3v) is 5.25. The van der Waals surface area contributed by atoms with E-state index in [-0.39, 0.29) is 34.6 Å². The molecule has 0 aliphatic heterocycles. The van der Waals surface area contributed by atoms with Gasteiger partial charge in [-0.15, -0.1) is 11.3 Å². The Hall–Kier alpha value is -3.60. The van der Waals surface area contributed by atoms with Crippen LogP contribution >= 0.6 is 11.3 Å². The van der Waals surface area contributed by atoms with Crippen LogP contribution in [0.1, 0.15) is 36.8 Å². The Morgan fingerprint density at radius 2 is 1.94 bits per heavy atom. The van der Waals surface area contributed by atoms with Crippen LogP contribution in [0.5, 0.6) is 11.6 Å². The van der Waals surface area contributed by atoms with E-state index >= 15 is 0 Å². The van der Waals surface area contributed by atoms with Crippen LogP contribution in [0.15, 0.2) is 34.4 Å². The van der Waals surface area contributed by atoms with Crippen molar-refractivity contribution in [2.75, 3.05) is 12.4 Å². The van der Waals surface area contributed by atoms with Gasteiger partial charge in [0.1, 0.15) is 17.5 Å². The molecule has 164 valence electrons. The highest BCUT2D eigenvalue weighted by molar-refractivity contribution is 7.14. The fourth-order valence-corrected chi connectivity index (χ4v) is 3.74. The highest BCUT2D eigenvalue weighted by Gasteiger charge is 2.29. The first kappa shape index (κ1) is 22.1. The van der Waals surface area contributed by atoms with Crippen molar-refractivity contribution in [3.63, 3.8) is 0 Å². The SMILES string of the molecule is COC(=O)c1csc(NC(=O)[C@H](CC(C)C)n2c(O)c(-c3ccc(O)cc3)[nH]c2=O)n1. The van der Waals surface area contributed by atoms with Gasteiger partial charge in [-0.1, -0.05) is 13.8 Å². The number of imidazole rings is 1. The number of H-pyrrole nitrogens is 1. The number of hydrogen-bond donors (Lipinski definition) is 4. The van der Waals surface area contributed by atoms with Gasteiger partial charge in [0.05, 0.1) is 7.11 Å². The highest BCUT2D eigenvalue weighted by atomic mass is 32.1. The molecule has 10 nitrogen and oxygen atoms in total. The summed E-state index contributed by atoms with van der Waals surface area (Å²) in [4.78, 5) is 43.8. The smallest absolute Gasteiger partial charge is 0.357 e. The molecule has 0 spiro atoms.